The Balaban J connectivity index is 1.89. The molecule has 0 unspecified atom stereocenters. The fourth-order valence-electron chi connectivity index (χ4n) is 2.80. The first-order valence-corrected chi connectivity index (χ1v) is 7.69. The van der Waals surface area contributed by atoms with Crippen LogP contribution in [-0.4, -0.2) is 31.5 Å². The minimum Gasteiger partial charge on any atom is -0.477 e. The maximum absolute atomic E-state index is 12.0. The highest BCUT2D eigenvalue weighted by Gasteiger charge is 2.30. The van der Waals surface area contributed by atoms with Gasteiger partial charge in [0.05, 0.1) is 12.2 Å². The van der Waals surface area contributed by atoms with Crippen LogP contribution in [0, 0.1) is 0 Å². The Morgan fingerprint density at radius 2 is 2.04 bits per heavy atom. The number of hydrogen-bond donors (Lipinski definition) is 2. The highest BCUT2D eigenvalue weighted by Crippen LogP contribution is 2.34. The highest BCUT2D eigenvalue weighted by atomic mass is 16.5. The molecule has 2 amide bonds. The van der Waals surface area contributed by atoms with Gasteiger partial charge in [-0.05, 0) is 29.8 Å². The number of nitrogens with zero attached hydrogens (tertiary/aromatic N) is 1. The number of rotatable bonds is 4. The van der Waals surface area contributed by atoms with E-state index in [1.807, 2.05) is 30.3 Å². The molecule has 0 spiro atoms. The highest BCUT2D eigenvalue weighted by molar-refractivity contribution is 5.92. The molecule has 2 aromatic rings. The molecule has 0 aromatic heterocycles. The maximum Gasteiger partial charge on any atom is 0.262 e. The summed E-state index contributed by atoms with van der Waals surface area (Å²) in [5.41, 5.74) is 7.68. The summed E-state index contributed by atoms with van der Waals surface area (Å²) in [7, 11) is 1.59. The number of nitrogens with two attached hydrogens (primary N) is 1. The van der Waals surface area contributed by atoms with Crippen LogP contribution in [0.25, 0.3) is 0 Å². The Morgan fingerprint density at radius 3 is 2.79 bits per heavy atom. The van der Waals surface area contributed by atoms with Crippen LogP contribution in [-0.2, 0) is 11.3 Å². The lowest BCUT2D eigenvalue weighted by molar-refractivity contribution is -0.127. The van der Waals surface area contributed by atoms with E-state index < -0.39 is 12.0 Å². The molecule has 1 aliphatic heterocycles. The first kappa shape index (κ1) is 15.9. The molecule has 3 N–H and O–H groups in total. The van der Waals surface area contributed by atoms with Crippen molar-refractivity contribution in [1.82, 2.24) is 5.32 Å². The van der Waals surface area contributed by atoms with E-state index in [-0.39, 0.29) is 5.91 Å². The molecular formula is C18H19N3O3. The zero-order chi connectivity index (χ0) is 17.1. The summed E-state index contributed by atoms with van der Waals surface area (Å²) in [6.45, 7) is 0.979. The van der Waals surface area contributed by atoms with Gasteiger partial charge in [-0.3, -0.25) is 9.59 Å². The number of benzene rings is 2. The standard InChI is InChI=1S/C18H19N3O3/c1-20-18(23)16-11-21(14-7-2-3-8-15(14)24-16)10-12-5-4-6-13(9-12)17(19)22/h2-9,16H,10-11H2,1H3,(H2,19,22)(H,20,23)/t16-/m0/s1. The monoisotopic (exact) mass is 325 g/mol. The first-order chi connectivity index (χ1) is 11.6. The van der Waals surface area contributed by atoms with Gasteiger partial charge in [-0.25, -0.2) is 0 Å². The Hall–Kier alpha value is -3.02. The molecule has 1 heterocycles. The lowest BCUT2D eigenvalue weighted by Crippen LogP contribution is -2.47. The predicted molar refractivity (Wildman–Crippen MR) is 90.9 cm³/mol. The summed E-state index contributed by atoms with van der Waals surface area (Å²) in [5, 5.41) is 2.62. The number of amides is 2. The van der Waals surface area contributed by atoms with Crippen molar-refractivity contribution in [2.75, 3.05) is 18.5 Å². The Morgan fingerprint density at radius 1 is 1.25 bits per heavy atom. The molecular weight excluding hydrogens is 306 g/mol. The Labute approximate surface area is 140 Å². The Kier molecular flexibility index (Phi) is 4.37. The number of anilines is 1. The molecule has 124 valence electrons. The fraction of sp³-hybridized carbons (Fsp3) is 0.222. The van der Waals surface area contributed by atoms with Crippen molar-refractivity contribution in [2.45, 2.75) is 12.6 Å². The number of carbonyl (C=O) groups excluding carboxylic acids is 2. The van der Waals surface area contributed by atoms with Crippen LogP contribution >= 0.6 is 0 Å². The molecule has 0 fully saturated rings. The lowest BCUT2D eigenvalue weighted by atomic mass is 10.1. The van der Waals surface area contributed by atoms with E-state index in [1.165, 1.54) is 0 Å². The summed E-state index contributed by atoms with van der Waals surface area (Å²) >= 11 is 0. The van der Waals surface area contributed by atoms with E-state index in [0.717, 1.165) is 11.3 Å². The van der Waals surface area contributed by atoms with Crippen molar-refractivity contribution in [1.29, 1.82) is 0 Å². The molecule has 3 rings (SSSR count). The van der Waals surface area contributed by atoms with Gasteiger partial charge in [-0.15, -0.1) is 0 Å². The van der Waals surface area contributed by atoms with Gasteiger partial charge in [0.15, 0.2) is 6.10 Å². The summed E-state index contributed by atoms with van der Waals surface area (Å²) < 4.78 is 5.79. The van der Waals surface area contributed by atoms with Crippen LogP contribution in [0.4, 0.5) is 5.69 Å². The van der Waals surface area contributed by atoms with Gasteiger partial charge in [0.25, 0.3) is 5.91 Å². The largest absolute Gasteiger partial charge is 0.477 e. The topological polar surface area (TPSA) is 84.7 Å². The summed E-state index contributed by atoms with van der Waals surface area (Å²) in [5.74, 6) is 0.0475. The van der Waals surface area contributed by atoms with Crippen LogP contribution < -0.4 is 20.7 Å². The van der Waals surface area contributed by atoms with Crippen LogP contribution in [0.1, 0.15) is 15.9 Å². The first-order valence-electron chi connectivity index (χ1n) is 7.69. The number of ether oxygens (including phenoxy) is 1. The second-order valence-corrected chi connectivity index (χ2v) is 5.63. The zero-order valence-corrected chi connectivity index (χ0v) is 13.4. The van der Waals surface area contributed by atoms with Gasteiger partial charge in [0.1, 0.15) is 5.75 Å². The van der Waals surface area contributed by atoms with E-state index in [1.54, 1.807) is 25.2 Å². The maximum atomic E-state index is 12.0. The molecule has 0 saturated heterocycles. The molecule has 6 nitrogen and oxygen atoms in total. The SMILES string of the molecule is CNC(=O)[C@@H]1CN(Cc2cccc(C(N)=O)c2)c2ccccc2O1. The Bertz CT molecular complexity index is 776. The number of hydrogen-bond acceptors (Lipinski definition) is 4. The van der Waals surface area contributed by atoms with Gasteiger partial charge in [-0.2, -0.15) is 0 Å². The van der Waals surface area contributed by atoms with Crippen LogP contribution in [0.5, 0.6) is 5.75 Å². The zero-order valence-electron chi connectivity index (χ0n) is 13.4. The third kappa shape index (κ3) is 3.17. The minimum atomic E-state index is -0.579. The van der Waals surface area contributed by atoms with Gasteiger partial charge >= 0.3 is 0 Å². The second kappa shape index (κ2) is 6.62. The molecule has 24 heavy (non-hydrogen) atoms. The van der Waals surface area contributed by atoms with Crippen molar-refractivity contribution >= 4 is 17.5 Å². The number of fused-ring (bicyclic) bond motifs is 1. The van der Waals surface area contributed by atoms with Crippen LogP contribution in [0.2, 0.25) is 0 Å². The third-order valence-corrected chi connectivity index (χ3v) is 3.99. The van der Waals surface area contributed by atoms with E-state index in [2.05, 4.69) is 10.2 Å². The summed E-state index contributed by atoms with van der Waals surface area (Å²) in [4.78, 5) is 25.4. The van der Waals surface area contributed by atoms with E-state index in [0.29, 0.717) is 24.4 Å². The van der Waals surface area contributed by atoms with Gasteiger partial charge in [0.2, 0.25) is 5.91 Å². The molecule has 2 aromatic carbocycles. The quantitative estimate of drug-likeness (QED) is 0.887. The lowest BCUT2D eigenvalue weighted by Gasteiger charge is -2.35. The molecule has 0 bridgehead atoms. The van der Waals surface area contributed by atoms with E-state index >= 15 is 0 Å². The van der Waals surface area contributed by atoms with E-state index in [4.69, 9.17) is 10.5 Å². The van der Waals surface area contributed by atoms with Gasteiger partial charge in [-0.1, -0.05) is 24.3 Å². The van der Waals surface area contributed by atoms with Crippen LogP contribution in [0.3, 0.4) is 0 Å². The smallest absolute Gasteiger partial charge is 0.262 e. The van der Waals surface area contributed by atoms with Gasteiger partial charge in [0, 0.05) is 19.2 Å². The van der Waals surface area contributed by atoms with E-state index in [9.17, 15) is 9.59 Å². The molecule has 0 aliphatic carbocycles. The molecule has 1 atom stereocenters. The fourth-order valence-corrected chi connectivity index (χ4v) is 2.80. The predicted octanol–water partition coefficient (Wildman–Crippen LogP) is 1.30. The van der Waals surface area contributed by atoms with Crippen molar-refractivity contribution in [3.8, 4) is 5.75 Å². The van der Waals surface area contributed by atoms with Crippen molar-refractivity contribution < 1.29 is 14.3 Å². The number of nitrogens with one attached hydrogen (secondary N) is 1. The second-order valence-electron chi connectivity index (χ2n) is 5.63. The molecule has 6 heteroatoms. The average molecular weight is 325 g/mol. The normalized spacial score (nSPS) is 16.0. The molecule has 1 aliphatic rings. The number of carbonyl (C=O) groups is 2. The van der Waals surface area contributed by atoms with Crippen molar-refractivity contribution in [3.05, 3.63) is 59.7 Å². The van der Waals surface area contributed by atoms with Crippen molar-refractivity contribution in [2.24, 2.45) is 5.73 Å². The number of likely N-dealkylation sites (N-methyl/N-ethyl adjacent to an activating group) is 1. The number of primary amides is 1. The van der Waals surface area contributed by atoms with Crippen LogP contribution in [0.15, 0.2) is 48.5 Å². The van der Waals surface area contributed by atoms with Crippen molar-refractivity contribution in [3.63, 3.8) is 0 Å². The minimum absolute atomic E-state index is 0.166. The summed E-state index contributed by atoms with van der Waals surface area (Å²) in [6.07, 6.45) is -0.579. The number of para-hydroxylation sites is 2. The third-order valence-electron chi connectivity index (χ3n) is 3.99. The molecule has 0 radical (unpaired) electrons. The average Bonchev–Trinajstić information content (AvgIpc) is 2.61. The summed E-state index contributed by atoms with van der Waals surface area (Å²) in [6, 6.07) is 14.8. The van der Waals surface area contributed by atoms with Gasteiger partial charge < -0.3 is 20.7 Å². The molecule has 0 saturated carbocycles.